The first kappa shape index (κ1) is 15.9. The standard InChI is InChI=1S/C15H24N4O2/c1-15(2,14(20)21)5-7-17-10-12-8-13(19-18-12)11-4-3-6-16-9-11/h3-4,6,9,12-13,17-19H,5,7-8,10H2,1-2H3,(H,20,21). The quantitative estimate of drug-likeness (QED) is 0.563. The van der Waals surface area contributed by atoms with Crippen LogP contribution in [0.1, 0.15) is 38.3 Å². The molecule has 0 spiro atoms. The number of carboxylic acid groups (broad SMARTS) is 1. The second kappa shape index (κ2) is 6.98. The number of pyridine rings is 1. The van der Waals surface area contributed by atoms with Crippen LogP contribution >= 0.6 is 0 Å². The van der Waals surface area contributed by atoms with E-state index in [0.29, 0.717) is 19.0 Å². The Kier molecular flexibility index (Phi) is 5.27. The normalized spacial score (nSPS) is 22.4. The van der Waals surface area contributed by atoms with Gasteiger partial charge in [-0.3, -0.25) is 15.2 Å². The summed E-state index contributed by atoms with van der Waals surface area (Å²) >= 11 is 0. The van der Waals surface area contributed by atoms with Crippen LogP contribution in [0, 0.1) is 5.41 Å². The van der Waals surface area contributed by atoms with Crippen molar-refractivity contribution in [1.29, 1.82) is 0 Å². The summed E-state index contributed by atoms with van der Waals surface area (Å²) in [5, 5.41) is 12.4. The molecule has 0 radical (unpaired) electrons. The van der Waals surface area contributed by atoms with E-state index in [0.717, 1.165) is 13.0 Å². The highest BCUT2D eigenvalue weighted by Gasteiger charge is 2.27. The lowest BCUT2D eigenvalue weighted by atomic mass is 9.90. The van der Waals surface area contributed by atoms with Gasteiger partial charge in [0, 0.05) is 31.0 Å². The summed E-state index contributed by atoms with van der Waals surface area (Å²) in [5.74, 6) is -0.749. The van der Waals surface area contributed by atoms with E-state index in [-0.39, 0.29) is 6.04 Å². The molecule has 0 saturated carbocycles. The predicted octanol–water partition coefficient (Wildman–Crippen LogP) is 1.08. The van der Waals surface area contributed by atoms with Crippen molar-refractivity contribution in [2.75, 3.05) is 13.1 Å². The third-order valence-electron chi connectivity index (χ3n) is 3.97. The molecule has 2 heterocycles. The van der Waals surface area contributed by atoms with Crippen molar-refractivity contribution in [1.82, 2.24) is 21.2 Å². The third-order valence-corrected chi connectivity index (χ3v) is 3.97. The van der Waals surface area contributed by atoms with E-state index in [2.05, 4.69) is 27.2 Å². The largest absolute Gasteiger partial charge is 0.481 e. The van der Waals surface area contributed by atoms with E-state index < -0.39 is 11.4 Å². The van der Waals surface area contributed by atoms with Gasteiger partial charge in [0.1, 0.15) is 0 Å². The van der Waals surface area contributed by atoms with Crippen molar-refractivity contribution >= 4 is 5.97 Å². The van der Waals surface area contributed by atoms with Gasteiger partial charge in [0.15, 0.2) is 0 Å². The van der Waals surface area contributed by atoms with Crippen LogP contribution in [0.15, 0.2) is 24.5 Å². The highest BCUT2D eigenvalue weighted by atomic mass is 16.4. The lowest BCUT2D eigenvalue weighted by Crippen LogP contribution is -2.39. The molecule has 21 heavy (non-hydrogen) atoms. The van der Waals surface area contributed by atoms with E-state index in [1.165, 1.54) is 5.56 Å². The summed E-state index contributed by atoms with van der Waals surface area (Å²) in [6, 6.07) is 4.62. The Morgan fingerprint density at radius 2 is 2.33 bits per heavy atom. The summed E-state index contributed by atoms with van der Waals surface area (Å²) in [4.78, 5) is 15.1. The maximum absolute atomic E-state index is 11.0. The van der Waals surface area contributed by atoms with E-state index in [1.54, 1.807) is 20.0 Å². The molecule has 0 aliphatic carbocycles. The van der Waals surface area contributed by atoms with Gasteiger partial charge in [-0.2, -0.15) is 0 Å². The molecule has 1 fully saturated rings. The molecule has 1 aromatic rings. The molecular weight excluding hydrogens is 268 g/mol. The molecule has 1 aliphatic rings. The SMILES string of the molecule is CC(C)(CCNCC1CC(c2cccnc2)NN1)C(=O)O. The topological polar surface area (TPSA) is 86.3 Å². The van der Waals surface area contributed by atoms with Crippen LogP contribution < -0.4 is 16.2 Å². The number of hydrazine groups is 1. The van der Waals surface area contributed by atoms with Gasteiger partial charge in [0.05, 0.1) is 5.41 Å². The van der Waals surface area contributed by atoms with Crippen LogP contribution in [-0.2, 0) is 4.79 Å². The summed E-state index contributed by atoms with van der Waals surface area (Å²) in [5.41, 5.74) is 7.05. The van der Waals surface area contributed by atoms with Gasteiger partial charge in [0.25, 0.3) is 0 Å². The van der Waals surface area contributed by atoms with Crippen LogP contribution in [0.2, 0.25) is 0 Å². The van der Waals surface area contributed by atoms with Gasteiger partial charge in [-0.15, -0.1) is 0 Å². The van der Waals surface area contributed by atoms with Crippen molar-refractivity contribution in [2.24, 2.45) is 5.41 Å². The van der Waals surface area contributed by atoms with E-state index in [4.69, 9.17) is 5.11 Å². The molecular formula is C15H24N4O2. The van der Waals surface area contributed by atoms with Crippen LogP contribution in [0.5, 0.6) is 0 Å². The number of aliphatic carboxylic acids is 1. The molecule has 4 N–H and O–H groups in total. The smallest absolute Gasteiger partial charge is 0.309 e. The Hall–Kier alpha value is -1.50. The zero-order valence-corrected chi connectivity index (χ0v) is 12.6. The number of hydrogen-bond acceptors (Lipinski definition) is 5. The average Bonchev–Trinajstić information content (AvgIpc) is 2.93. The highest BCUT2D eigenvalue weighted by Crippen LogP contribution is 2.21. The fourth-order valence-electron chi connectivity index (χ4n) is 2.34. The lowest BCUT2D eigenvalue weighted by molar-refractivity contribution is -0.147. The number of carbonyl (C=O) groups is 1. The average molecular weight is 292 g/mol. The zero-order valence-electron chi connectivity index (χ0n) is 12.6. The van der Waals surface area contributed by atoms with Crippen LogP contribution in [0.4, 0.5) is 0 Å². The minimum Gasteiger partial charge on any atom is -0.481 e. The maximum atomic E-state index is 11.0. The molecule has 0 aromatic carbocycles. The van der Waals surface area contributed by atoms with Crippen LogP contribution in [0.25, 0.3) is 0 Å². The second-order valence-corrected chi connectivity index (χ2v) is 6.20. The van der Waals surface area contributed by atoms with E-state index in [1.807, 2.05) is 12.3 Å². The van der Waals surface area contributed by atoms with Crippen molar-refractivity contribution in [3.63, 3.8) is 0 Å². The van der Waals surface area contributed by atoms with Gasteiger partial charge in [-0.05, 0) is 44.9 Å². The Bertz CT molecular complexity index is 464. The van der Waals surface area contributed by atoms with Crippen molar-refractivity contribution < 1.29 is 9.90 Å². The molecule has 1 aromatic heterocycles. The van der Waals surface area contributed by atoms with Crippen molar-refractivity contribution in [3.8, 4) is 0 Å². The Morgan fingerprint density at radius 3 is 3.00 bits per heavy atom. The zero-order chi connectivity index (χ0) is 15.3. The molecule has 6 heteroatoms. The molecule has 2 rings (SSSR count). The number of rotatable bonds is 7. The first-order valence-electron chi connectivity index (χ1n) is 7.34. The van der Waals surface area contributed by atoms with Crippen molar-refractivity contribution in [2.45, 2.75) is 38.8 Å². The van der Waals surface area contributed by atoms with Gasteiger partial charge in [-0.1, -0.05) is 6.07 Å². The Morgan fingerprint density at radius 1 is 1.52 bits per heavy atom. The first-order valence-corrected chi connectivity index (χ1v) is 7.34. The second-order valence-electron chi connectivity index (χ2n) is 6.20. The van der Waals surface area contributed by atoms with E-state index >= 15 is 0 Å². The molecule has 2 unspecified atom stereocenters. The monoisotopic (exact) mass is 292 g/mol. The number of aromatic nitrogens is 1. The van der Waals surface area contributed by atoms with Gasteiger partial charge in [-0.25, -0.2) is 5.43 Å². The molecule has 116 valence electrons. The summed E-state index contributed by atoms with van der Waals surface area (Å²) in [7, 11) is 0. The fourth-order valence-corrected chi connectivity index (χ4v) is 2.34. The number of nitrogens with zero attached hydrogens (tertiary/aromatic N) is 1. The molecule has 2 atom stereocenters. The first-order chi connectivity index (χ1) is 9.99. The third kappa shape index (κ3) is 4.49. The van der Waals surface area contributed by atoms with Gasteiger partial charge >= 0.3 is 5.97 Å². The minimum absolute atomic E-state index is 0.279. The van der Waals surface area contributed by atoms with Gasteiger partial charge < -0.3 is 10.4 Å². The Labute approximate surface area is 125 Å². The molecule has 0 bridgehead atoms. The number of carboxylic acids is 1. The molecule has 1 saturated heterocycles. The maximum Gasteiger partial charge on any atom is 0.309 e. The van der Waals surface area contributed by atoms with Crippen LogP contribution in [-0.4, -0.2) is 35.2 Å². The highest BCUT2D eigenvalue weighted by molar-refractivity contribution is 5.73. The molecule has 6 nitrogen and oxygen atoms in total. The minimum atomic E-state index is -0.749. The summed E-state index contributed by atoms with van der Waals surface area (Å²) in [6.07, 6.45) is 5.26. The molecule has 1 aliphatic heterocycles. The lowest BCUT2D eigenvalue weighted by Gasteiger charge is -2.19. The number of hydrogen-bond donors (Lipinski definition) is 4. The number of nitrogens with one attached hydrogen (secondary N) is 3. The predicted molar refractivity (Wildman–Crippen MR) is 80.6 cm³/mol. The fraction of sp³-hybridized carbons (Fsp3) is 0.600. The summed E-state index contributed by atoms with van der Waals surface area (Å²) in [6.45, 7) is 5.03. The molecule has 0 amide bonds. The van der Waals surface area contributed by atoms with Crippen LogP contribution in [0.3, 0.4) is 0 Å². The Balaban J connectivity index is 1.68. The summed E-state index contributed by atoms with van der Waals surface area (Å²) < 4.78 is 0. The van der Waals surface area contributed by atoms with Crippen molar-refractivity contribution in [3.05, 3.63) is 30.1 Å². The van der Waals surface area contributed by atoms with E-state index in [9.17, 15) is 4.79 Å². The van der Waals surface area contributed by atoms with Gasteiger partial charge in [0.2, 0.25) is 0 Å².